The van der Waals surface area contributed by atoms with E-state index in [0.717, 1.165) is 59.2 Å². The second-order valence-corrected chi connectivity index (χ2v) is 13.4. The number of hydroxylamine groups is 1. The summed E-state index contributed by atoms with van der Waals surface area (Å²) in [5, 5.41) is 21.1. The predicted molar refractivity (Wildman–Crippen MR) is 197 cm³/mol. The molecule has 1 aliphatic rings. The zero-order chi connectivity index (χ0) is 36.0. The number of carbonyl (C=O) groups excluding carboxylic acids is 2. The summed E-state index contributed by atoms with van der Waals surface area (Å²) in [6.45, 7) is 3.41. The van der Waals surface area contributed by atoms with Crippen molar-refractivity contribution in [1.29, 1.82) is 0 Å². The molecule has 4 aromatic carbocycles. The number of hydrogen-bond donors (Lipinski definition) is 4. The maximum atomic E-state index is 12.4. The fourth-order valence-corrected chi connectivity index (χ4v) is 6.46. The van der Waals surface area contributed by atoms with Crippen LogP contribution in [-0.4, -0.2) is 46.7 Å². The number of carbonyl (C=O) groups is 2. The molecule has 0 bridgehead atoms. The monoisotopic (exact) mass is 693 g/mol. The first-order chi connectivity index (χ1) is 24.8. The Kier molecular flexibility index (Phi) is 14.3. The van der Waals surface area contributed by atoms with Crippen LogP contribution in [0.2, 0.25) is 0 Å². The van der Waals surface area contributed by atoms with E-state index < -0.39 is 6.29 Å². The molecule has 5 rings (SSSR count). The van der Waals surface area contributed by atoms with Crippen molar-refractivity contribution >= 4 is 11.8 Å². The van der Waals surface area contributed by atoms with Gasteiger partial charge in [0.05, 0.1) is 18.8 Å². The van der Waals surface area contributed by atoms with E-state index in [0.29, 0.717) is 32.2 Å². The van der Waals surface area contributed by atoms with Crippen molar-refractivity contribution in [2.24, 2.45) is 0 Å². The van der Waals surface area contributed by atoms with Gasteiger partial charge in [0.15, 0.2) is 6.29 Å². The molecule has 4 aromatic rings. The van der Waals surface area contributed by atoms with E-state index in [-0.39, 0.29) is 36.7 Å². The lowest BCUT2D eigenvalue weighted by Crippen LogP contribution is -2.38. The molecule has 51 heavy (non-hydrogen) atoms. The SMILES string of the molecule is C[C@@H](c1ccccc1)N(C)C[C@@H]1C[C@H](c2ccc(CO)cc2)O[C@H](c2ccc(-c3cccc(CNC(=O)CCCCCCC(=O)NO)c3)cc2)O1. The normalized spacial score (nSPS) is 17.9. The summed E-state index contributed by atoms with van der Waals surface area (Å²) >= 11 is 0. The maximum Gasteiger partial charge on any atom is 0.243 e. The number of likely N-dealkylation sites (N-methyl/N-ethyl adjacent to an activating group) is 1. The molecule has 1 heterocycles. The highest BCUT2D eigenvalue weighted by Crippen LogP contribution is 2.39. The molecular weight excluding hydrogens is 642 g/mol. The van der Waals surface area contributed by atoms with Gasteiger partial charge in [-0.25, -0.2) is 5.48 Å². The van der Waals surface area contributed by atoms with E-state index >= 15 is 0 Å². The Morgan fingerprint density at radius 2 is 1.47 bits per heavy atom. The van der Waals surface area contributed by atoms with Gasteiger partial charge in [0, 0.05) is 44.0 Å². The Bertz CT molecular complexity index is 1660. The van der Waals surface area contributed by atoms with Crippen LogP contribution in [0.15, 0.2) is 103 Å². The van der Waals surface area contributed by atoms with Crippen LogP contribution in [0.5, 0.6) is 0 Å². The summed E-state index contributed by atoms with van der Waals surface area (Å²) in [5.74, 6) is -0.372. The molecule has 0 spiro atoms. The van der Waals surface area contributed by atoms with Crippen LogP contribution in [0.3, 0.4) is 0 Å². The third kappa shape index (κ3) is 11.3. The molecule has 270 valence electrons. The molecule has 0 aliphatic carbocycles. The van der Waals surface area contributed by atoms with Gasteiger partial charge in [0.1, 0.15) is 0 Å². The Hall–Kier alpha value is -4.38. The lowest BCUT2D eigenvalue weighted by Gasteiger charge is -2.39. The molecule has 9 nitrogen and oxygen atoms in total. The van der Waals surface area contributed by atoms with Crippen LogP contribution in [-0.2, 0) is 32.2 Å². The smallest absolute Gasteiger partial charge is 0.243 e. The minimum absolute atomic E-state index is 0.00401. The number of amides is 2. The number of hydrogen-bond acceptors (Lipinski definition) is 7. The Morgan fingerprint density at radius 3 is 2.16 bits per heavy atom. The van der Waals surface area contributed by atoms with Crippen molar-refractivity contribution in [3.05, 3.63) is 131 Å². The van der Waals surface area contributed by atoms with Gasteiger partial charge in [-0.3, -0.25) is 19.7 Å². The molecule has 1 aliphatic heterocycles. The van der Waals surface area contributed by atoms with E-state index in [2.05, 4.69) is 84.9 Å². The lowest BCUT2D eigenvalue weighted by molar-refractivity contribution is -0.253. The lowest BCUT2D eigenvalue weighted by atomic mass is 9.98. The van der Waals surface area contributed by atoms with Gasteiger partial charge in [-0.2, -0.15) is 0 Å². The van der Waals surface area contributed by atoms with Crippen molar-refractivity contribution in [2.75, 3.05) is 13.6 Å². The summed E-state index contributed by atoms with van der Waals surface area (Å²) < 4.78 is 13.2. The molecule has 0 aromatic heterocycles. The highest BCUT2D eigenvalue weighted by Gasteiger charge is 2.33. The van der Waals surface area contributed by atoms with Crippen LogP contribution in [0.1, 0.15) is 98.1 Å². The molecule has 9 heteroatoms. The van der Waals surface area contributed by atoms with Crippen molar-refractivity contribution in [3.8, 4) is 11.1 Å². The molecule has 0 saturated carbocycles. The van der Waals surface area contributed by atoms with Gasteiger partial charge >= 0.3 is 0 Å². The Labute approximate surface area is 301 Å². The van der Waals surface area contributed by atoms with Gasteiger partial charge in [-0.1, -0.05) is 110 Å². The summed E-state index contributed by atoms with van der Waals surface area (Å²) in [6.07, 6.45) is 3.84. The fourth-order valence-electron chi connectivity index (χ4n) is 6.46. The van der Waals surface area contributed by atoms with Crippen LogP contribution >= 0.6 is 0 Å². The summed E-state index contributed by atoms with van der Waals surface area (Å²) in [6, 6.07) is 35.2. The minimum atomic E-state index is -0.540. The number of nitrogens with zero attached hydrogens (tertiary/aromatic N) is 1. The third-order valence-electron chi connectivity index (χ3n) is 9.66. The van der Waals surface area contributed by atoms with Gasteiger partial charge in [-0.05, 0) is 66.3 Å². The molecule has 1 saturated heterocycles. The number of aliphatic hydroxyl groups is 1. The van der Waals surface area contributed by atoms with Gasteiger partial charge in [0.25, 0.3) is 0 Å². The third-order valence-corrected chi connectivity index (χ3v) is 9.66. The summed E-state index contributed by atoms with van der Waals surface area (Å²) in [4.78, 5) is 25.8. The average Bonchev–Trinajstić information content (AvgIpc) is 3.18. The van der Waals surface area contributed by atoms with E-state index in [1.165, 1.54) is 5.56 Å². The highest BCUT2D eigenvalue weighted by molar-refractivity contribution is 5.76. The number of unbranched alkanes of at least 4 members (excludes halogenated alkanes) is 3. The van der Waals surface area contributed by atoms with Crippen molar-refractivity contribution in [1.82, 2.24) is 15.7 Å². The topological polar surface area (TPSA) is 120 Å². The number of nitrogens with one attached hydrogen (secondary N) is 2. The van der Waals surface area contributed by atoms with Crippen molar-refractivity contribution < 1.29 is 29.4 Å². The van der Waals surface area contributed by atoms with E-state index in [1.807, 2.05) is 42.5 Å². The maximum absolute atomic E-state index is 12.4. The van der Waals surface area contributed by atoms with E-state index in [9.17, 15) is 14.7 Å². The van der Waals surface area contributed by atoms with Crippen LogP contribution in [0.4, 0.5) is 0 Å². The van der Waals surface area contributed by atoms with Crippen LogP contribution < -0.4 is 10.8 Å². The first kappa shape index (κ1) is 37.9. The van der Waals surface area contributed by atoms with Crippen molar-refractivity contribution in [3.63, 3.8) is 0 Å². The predicted octanol–water partition coefficient (Wildman–Crippen LogP) is 7.55. The zero-order valence-corrected chi connectivity index (χ0v) is 29.7. The molecule has 0 unspecified atom stereocenters. The summed E-state index contributed by atoms with van der Waals surface area (Å²) in [5.41, 5.74) is 8.91. The van der Waals surface area contributed by atoms with Gasteiger partial charge in [0.2, 0.25) is 11.8 Å². The van der Waals surface area contributed by atoms with E-state index in [4.69, 9.17) is 14.7 Å². The van der Waals surface area contributed by atoms with Gasteiger partial charge < -0.3 is 19.9 Å². The standard InChI is InChI=1S/C42H51N3O6/c1-30(33-12-6-5-7-13-33)45(2)28-38-26-39(35-19-17-31(29-46)18-20-35)51-42(50-38)36-23-21-34(22-24-36)37-14-10-11-32(25-37)27-43-40(47)15-8-3-4-9-16-41(48)44-49/h5-7,10-14,17-25,30,38-39,42,46,49H,3-4,8-9,15-16,26-29H2,1-2H3,(H,43,47)(H,44,48)/t30-,38-,39+,42+/m0/s1. The van der Waals surface area contributed by atoms with Crippen LogP contribution in [0.25, 0.3) is 11.1 Å². The number of ether oxygens (including phenoxy) is 2. The molecular formula is C42H51N3O6. The minimum Gasteiger partial charge on any atom is -0.392 e. The van der Waals surface area contributed by atoms with E-state index in [1.54, 1.807) is 5.48 Å². The second-order valence-electron chi connectivity index (χ2n) is 13.4. The second kappa shape index (κ2) is 19.3. The van der Waals surface area contributed by atoms with Crippen molar-refractivity contribution in [2.45, 2.75) is 89.6 Å². The molecule has 0 radical (unpaired) electrons. The average molecular weight is 694 g/mol. The Morgan fingerprint density at radius 1 is 0.784 bits per heavy atom. The number of rotatable bonds is 17. The largest absolute Gasteiger partial charge is 0.392 e. The first-order valence-corrected chi connectivity index (χ1v) is 18.0. The number of aliphatic hydroxyl groups excluding tert-OH is 1. The summed E-state index contributed by atoms with van der Waals surface area (Å²) in [7, 11) is 2.14. The van der Waals surface area contributed by atoms with Crippen LogP contribution in [0, 0.1) is 0 Å². The zero-order valence-electron chi connectivity index (χ0n) is 29.7. The highest BCUT2D eigenvalue weighted by atomic mass is 16.7. The first-order valence-electron chi connectivity index (χ1n) is 18.0. The number of benzene rings is 4. The molecule has 4 atom stereocenters. The van der Waals surface area contributed by atoms with Gasteiger partial charge in [-0.15, -0.1) is 0 Å². The molecule has 1 fully saturated rings. The fraction of sp³-hybridized carbons (Fsp3) is 0.381. The molecule has 4 N–H and O–H groups in total. The quantitative estimate of drug-likeness (QED) is 0.0512. The Balaban J connectivity index is 1.20. The molecule has 2 amide bonds.